The van der Waals surface area contributed by atoms with Crippen molar-refractivity contribution >= 4 is 33.4 Å². The lowest BCUT2D eigenvalue weighted by Gasteiger charge is -2.22. The van der Waals surface area contributed by atoms with Crippen LogP contribution in [0.5, 0.6) is 0 Å². The Hall–Kier alpha value is -1.25. The van der Waals surface area contributed by atoms with E-state index in [1.54, 1.807) is 30.5 Å². The van der Waals surface area contributed by atoms with Gasteiger partial charge in [-0.15, -0.1) is 0 Å². The molecule has 1 aliphatic heterocycles. The molecule has 1 aliphatic carbocycles. The number of aromatic nitrogens is 1. The summed E-state index contributed by atoms with van der Waals surface area (Å²) in [5, 5.41) is 0. The quantitative estimate of drug-likeness (QED) is 0.473. The molecule has 0 radical (unpaired) electrons. The van der Waals surface area contributed by atoms with E-state index in [2.05, 4.69) is 30.7 Å². The van der Waals surface area contributed by atoms with Gasteiger partial charge >= 0.3 is 5.51 Å². The third kappa shape index (κ3) is 4.02. The third-order valence-electron chi connectivity index (χ3n) is 4.92. The largest absolute Gasteiger partial charge is 0.446 e. The summed E-state index contributed by atoms with van der Waals surface area (Å²) in [5.74, 6) is 0. The molecule has 3 nitrogen and oxygen atoms in total. The molecule has 8 heteroatoms. The molecule has 0 unspecified atom stereocenters. The van der Waals surface area contributed by atoms with Gasteiger partial charge in [-0.2, -0.15) is 13.2 Å². The van der Waals surface area contributed by atoms with Crippen LogP contribution in [0.15, 0.2) is 52.1 Å². The first-order chi connectivity index (χ1) is 12.3. The van der Waals surface area contributed by atoms with Gasteiger partial charge in [0.05, 0.1) is 6.67 Å². The molecular weight excluding hydrogens is 427 g/mol. The van der Waals surface area contributed by atoms with Crippen LogP contribution in [-0.2, 0) is 6.54 Å². The highest BCUT2D eigenvalue weighted by Crippen LogP contribution is 2.48. The van der Waals surface area contributed by atoms with Crippen LogP contribution in [0.1, 0.15) is 18.4 Å². The van der Waals surface area contributed by atoms with Crippen molar-refractivity contribution in [1.29, 1.82) is 0 Å². The van der Waals surface area contributed by atoms with Gasteiger partial charge in [0.2, 0.25) is 0 Å². The van der Waals surface area contributed by atoms with E-state index in [-0.39, 0.29) is 22.2 Å². The summed E-state index contributed by atoms with van der Waals surface area (Å²) in [7, 11) is 0. The minimum Gasteiger partial charge on any atom is -0.357 e. The van der Waals surface area contributed by atoms with Crippen LogP contribution in [0.4, 0.5) is 18.9 Å². The molecule has 0 N–H and O–H groups in total. The van der Waals surface area contributed by atoms with Crippen molar-refractivity contribution in [3.63, 3.8) is 0 Å². The number of rotatable bonds is 4. The van der Waals surface area contributed by atoms with Crippen molar-refractivity contribution in [3.05, 3.63) is 52.8 Å². The second-order valence-corrected chi connectivity index (χ2v) is 8.74. The summed E-state index contributed by atoms with van der Waals surface area (Å²) in [6.07, 6.45) is 4.12. The fourth-order valence-electron chi connectivity index (χ4n) is 3.49. The molecule has 138 valence electrons. The Morgan fingerprint density at radius 1 is 1.15 bits per heavy atom. The van der Waals surface area contributed by atoms with E-state index in [0.717, 1.165) is 42.9 Å². The van der Waals surface area contributed by atoms with Crippen LogP contribution in [-0.4, -0.2) is 34.1 Å². The van der Waals surface area contributed by atoms with E-state index in [4.69, 9.17) is 0 Å². The first kappa shape index (κ1) is 18.1. The zero-order chi connectivity index (χ0) is 18.4. The minimum absolute atomic E-state index is 0.0715. The summed E-state index contributed by atoms with van der Waals surface area (Å²) >= 11 is 3.34. The maximum Gasteiger partial charge on any atom is 0.446 e. The van der Waals surface area contributed by atoms with Crippen LogP contribution in [0.25, 0.3) is 0 Å². The van der Waals surface area contributed by atoms with Crippen LogP contribution in [0.3, 0.4) is 0 Å². The molecule has 2 aromatic rings. The van der Waals surface area contributed by atoms with Crippen molar-refractivity contribution in [3.8, 4) is 0 Å². The summed E-state index contributed by atoms with van der Waals surface area (Å²) in [6.45, 7) is 2.55. The predicted octanol–water partition coefficient (Wildman–Crippen LogP) is 5.27. The lowest BCUT2D eigenvalue weighted by Crippen LogP contribution is -2.32. The van der Waals surface area contributed by atoms with Crippen LogP contribution >= 0.6 is 27.7 Å². The van der Waals surface area contributed by atoms with Gasteiger partial charge < -0.3 is 4.90 Å². The molecule has 0 bridgehead atoms. The maximum absolute atomic E-state index is 12.5. The van der Waals surface area contributed by atoms with Gasteiger partial charge in [-0.1, -0.05) is 0 Å². The Morgan fingerprint density at radius 2 is 1.88 bits per heavy atom. The molecule has 1 aromatic carbocycles. The molecule has 2 heterocycles. The maximum atomic E-state index is 12.5. The third-order valence-corrected chi connectivity index (χ3v) is 6.10. The second-order valence-electron chi connectivity index (χ2n) is 6.79. The van der Waals surface area contributed by atoms with Gasteiger partial charge in [-0.25, -0.2) is 4.98 Å². The molecule has 2 aliphatic rings. The first-order valence-electron chi connectivity index (χ1n) is 8.29. The highest BCUT2D eigenvalue weighted by atomic mass is 79.9. The van der Waals surface area contributed by atoms with Crippen molar-refractivity contribution in [1.82, 2.24) is 9.88 Å². The highest BCUT2D eigenvalue weighted by molar-refractivity contribution is 9.10. The smallest absolute Gasteiger partial charge is 0.357 e. The highest BCUT2D eigenvalue weighted by Gasteiger charge is 2.53. The number of benzene rings is 1. The van der Waals surface area contributed by atoms with Gasteiger partial charge in [0.25, 0.3) is 0 Å². The zero-order valence-electron chi connectivity index (χ0n) is 13.8. The van der Waals surface area contributed by atoms with Crippen molar-refractivity contribution in [2.24, 2.45) is 0 Å². The van der Waals surface area contributed by atoms with Gasteiger partial charge in [-0.05, 0) is 82.5 Å². The standard InChI is InChI=1S/C18H17BrF3N3S/c19-16-9-13(5-8-23-16)10-25-12-24(11-17(25)6-7-17)14-1-3-15(4-2-14)26-18(20,21)22/h1-5,8-9H,6-7,10-12H2. The fourth-order valence-corrected chi connectivity index (χ4v) is 4.44. The lowest BCUT2D eigenvalue weighted by atomic mass is 10.2. The van der Waals surface area contributed by atoms with E-state index >= 15 is 0 Å². The van der Waals surface area contributed by atoms with Gasteiger partial charge in [0.1, 0.15) is 4.60 Å². The molecule has 2 fully saturated rings. The SMILES string of the molecule is FC(F)(F)Sc1ccc(N2CN(Cc3ccnc(Br)c3)C3(CC3)C2)cc1. The number of alkyl halides is 3. The van der Waals surface area contributed by atoms with E-state index in [0.29, 0.717) is 0 Å². The Kier molecular flexibility index (Phi) is 4.69. The second kappa shape index (κ2) is 6.73. The van der Waals surface area contributed by atoms with Crippen LogP contribution in [0.2, 0.25) is 0 Å². The molecule has 1 saturated heterocycles. The average molecular weight is 444 g/mol. The summed E-state index contributed by atoms with van der Waals surface area (Å²) < 4.78 is 38.3. The summed E-state index contributed by atoms with van der Waals surface area (Å²) in [6, 6.07) is 10.7. The molecule has 0 atom stereocenters. The Morgan fingerprint density at radius 3 is 2.50 bits per heavy atom. The predicted molar refractivity (Wildman–Crippen MR) is 100 cm³/mol. The summed E-state index contributed by atoms with van der Waals surface area (Å²) in [4.78, 5) is 9.11. The molecule has 0 amide bonds. The fraction of sp³-hybridized carbons (Fsp3) is 0.389. The minimum atomic E-state index is -4.25. The van der Waals surface area contributed by atoms with Crippen molar-refractivity contribution in [2.45, 2.75) is 35.3 Å². The number of thioether (sulfide) groups is 1. The van der Waals surface area contributed by atoms with Crippen molar-refractivity contribution in [2.75, 3.05) is 18.1 Å². The number of hydrogen-bond acceptors (Lipinski definition) is 4. The number of halogens is 4. The van der Waals surface area contributed by atoms with Gasteiger partial charge in [-0.3, -0.25) is 4.90 Å². The Labute approximate surface area is 162 Å². The molecule has 4 rings (SSSR count). The van der Waals surface area contributed by atoms with Crippen LogP contribution < -0.4 is 4.90 Å². The van der Waals surface area contributed by atoms with E-state index < -0.39 is 5.51 Å². The topological polar surface area (TPSA) is 19.4 Å². The van der Waals surface area contributed by atoms with Crippen molar-refractivity contribution < 1.29 is 13.2 Å². The number of nitrogens with zero attached hydrogens (tertiary/aromatic N) is 3. The molecule has 1 spiro atoms. The van der Waals surface area contributed by atoms with Gasteiger partial charge in [0, 0.05) is 35.4 Å². The van der Waals surface area contributed by atoms with E-state index in [9.17, 15) is 13.2 Å². The van der Waals surface area contributed by atoms with E-state index in [1.165, 1.54) is 5.56 Å². The number of hydrogen-bond donors (Lipinski definition) is 0. The Bertz CT molecular complexity index is 793. The number of pyridine rings is 1. The monoisotopic (exact) mass is 443 g/mol. The average Bonchev–Trinajstić information content (AvgIpc) is 3.25. The molecule has 1 saturated carbocycles. The van der Waals surface area contributed by atoms with Crippen LogP contribution in [0, 0.1) is 0 Å². The first-order valence-corrected chi connectivity index (χ1v) is 9.90. The molecule has 1 aromatic heterocycles. The number of anilines is 1. The van der Waals surface area contributed by atoms with Gasteiger partial charge in [0.15, 0.2) is 0 Å². The zero-order valence-corrected chi connectivity index (χ0v) is 16.2. The summed E-state index contributed by atoms with van der Waals surface area (Å²) in [5.41, 5.74) is -1.86. The molecular formula is C18H17BrF3N3S. The van der Waals surface area contributed by atoms with E-state index in [1.807, 2.05) is 12.1 Å². The Balaban J connectivity index is 1.46. The lowest BCUT2D eigenvalue weighted by molar-refractivity contribution is -0.0328. The molecule has 26 heavy (non-hydrogen) atoms. The normalized spacial score (nSPS) is 19.3.